The molecule has 29 heavy (non-hydrogen) atoms. The van der Waals surface area contributed by atoms with Gasteiger partial charge in [0.15, 0.2) is 11.6 Å². The number of carbonyl (C=O) groups is 1. The minimum atomic E-state index is -0.461. The molecule has 0 saturated heterocycles. The highest BCUT2D eigenvalue weighted by molar-refractivity contribution is 5.93. The summed E-state index contributed by atoms with van der Waals surface area (Å²) in [5.74, 6) is 2.93. The summed E-state index contributed by atoms with van der Waals surface area (Å²) in [5.41, 5.74) is 6.61. The topological polar surface area (TPSA) is 122 Å². The predicted molar refractivity (Wildman–Crippen MR) is 103 cm³/mol. The Morgan fingerprint density at radius 2 is 2.00 bits per heavy atom. The standard InChI is InChI=1S/C19H19N9O/c1-26-16(6-8-22-26)28-19(14-7-9-27-15(10-14)21-11-23-27)24-18(25-28)13-4-2-12(3-5-13)17(20)29/h2-6,8,11,14H,7,9-10H2,1H3,(H2,20,29). The largest absolute Gasteiger partial charge is 0.366 e. The van der Waals surface area contributed by atoms with Gasteiger partial charge < -0.3 is 5.73 Å². The summed E-state index contributed by atoms with van der Waals surface area (Å²) in [6.45, 7) is 0.793. The van der Waals surface area contributed by atoms with Gasteiger partial charge in [0.2, 0.25) is 5.91 Å². The third kappa shape index (κ3) is 2.98. The Bertz CT molecular complexity index is 1180. The molecule has 1 unspecified atom stereocenters. The number of hydrogen-bond donors (Lipinski definition) is 1. The van der Waals surface area contributed by atoms with E-state index in [4.69, 9.17) is 15.8 Å². The fourth-order valence-electron chi connectivity index (χ4n) is 3.69. The van der Waals surface area contributed by atoms with Crippen LogP contribution >= 0.6 is 0 Å². The average molecular weight is 389 g/mol. The molecule has 4 heterocycles. The molecule has 1 aromatic carbocycles. The van der Waals surface area contributed by atoms with E-state index in [1.807, 2.05) is 34.6 Å². The van der Waals surface area contributed by atoms with Gasteiger partial charge >= 0.3 is 0 Å². The molecule has 3 aromatic heterocycles. The van der Waals surface area contributed by atoms with Gasteiger partial charge in [-0.05, 0) is 18.6 Å². The number of fused-ring (bicyclic) bond motifs is 1. The number of aromatic nitrogens is 8. The molecule has 1 aliphatic heterocycles. The van der Waals surface area contributed by atoms with Crippen LogP contribution in [-0.2, 0) is 20.0 Å². The second kappa shape index (κ2) is 6.66. The van der Waals surface area contributed by atoms with Crippen molar-refractivity contribution in [2.24, 2.45) is 12.8 Å². The second-order valence-corrected chi connectivity index (χ2v) is 7.05. The van der Waals surface area contributed by atoms with Crippen LogP contribution in [0.2, 0.25) is 0 Å². The normalized spacial score (nSPS) is 16.0. The van der Waals surface area contributed by atoms with E-state index in [-0.39, 0.29) is 5.92 Å². The molecule has 2 N–H and O–H groups in total. The van der Waals surface area contributed by atoms with Gasteiger partial charge in [0, 0.05) is 43.1 Å². The first-order valence-corrected chi connectivity index (χ1v) is 9.32. The lowest BCUT2D eigenvalue weighted by atomic mass is 9.97. The van der Waals surface area contributed by atoms with Crippen molar-refractivity contribution in [1.82, 2.24) is 39.3 Å². The number of amides is 1. The first-order chi connectivity index (χ1) is 14.1. The Labute approximate surface area is 166 Å². The van der Waals surface area contributed by atoms with Gasteiger partial charge in [0.05, 0.1) is 6.20 Å². The maximum atomic E-state index is 11.3. The van der Waals surface area contributed by atoms with Crippen LogP contribution in [0.15, 0.2) is 42.9 Å². The SMILES string of the molecule is Cn1nccc1-n1nc(-c2ccc(C(N)=O)cc2)nc1C1CCn2ncnc2C1. The molecule has 0 radical (unpaired) electrons. The van der Waals surface area contributed by atoms with E-state index >= 15 is 0 Å². The number of rotatable bonds is 4. The van der Waals surface area contributed by atoms with E-state index in [1.165, 1.54) is 0 Å². The van der Waals surface area contributed by atoms with Gasteiger partial charge in [-0.15, -0.1) is 5.10 Å². The Balaban J connectivity index is 1.58. The maximum absolute atomic E-state index is 11.3. The Hall–Kier alpha value is -3.82. The zero-order valence-corrected chi connectivity index (χ0v) is 15.8. The minimum Gasteiger partial charge on any atom is -0.366 e. The van der Waals surface area contributed by atoms with Crippen LogP contribution in [0.4, 0.5) is 0 Å². The fourth-order valence-corrected chi connectivity index (χ4v) is 3.69. The lowest BCUT2D eigenvalue weighted by molar-refractivity contribution is 0.100. The van der Waals surface area contributed by atoms with Gasteiger partial charge in [0.25, 0.3) is 0 Å². The maximum Gasteiger partial charge on any atom is 0.248 e. The van der Waals surface area contributed by atoms with Gasteiger partial charge in [-0.25, -0.2) is 9.97 Å². The molecule has 0 bridgehead atoms. The number of nitrogens with zero attached hydrogens (tertiary/aromatic N) is 8. The lowest BCUT2D eigenvalue weighted by Gasteiger charge is -2.21. The van der Waals surface area contributed by atoms with Crippen LogP contribution in [0.1, 0.15) is 34.3 Å². The molecule has 10 heteroatoms. The summed E-state index contributed by atoms with van der Waals surface area (Å²) in [6.07, 6.45) is 4.97. The number of nitrogens with two attached hydrogens (primary N) is 1. The first-order valence-electron chi connectivity index (χ1n) is 9.32. The Morgan fingerprint density at radius 1 is 1.17 bits per heavy atom. The summed E-state index contributed by atoms with van der Waals surface area (Å²) < 4.78 is 5.55. The van der Waals surface area contributed by atoms with Gasteiger partial charge in [-0.2, -0.15) is 14.9 Å². The number of carbonyl (C=O) groups excluding carboxylic acids is 1. The smallest absolute Gasteiger partial charge is 0.248 e. The molecule has 0 saturated carbocycles. The van der Waals surface area contributed by atoms with Crippen molar-refractivity contribution in [3.05, 3.63) is 60.1 Å². The summed E-state index contributed by atoms with van der Waals surface area (Å²) in [7, 11) is 1.87. The summed E-state index contributed by atoms with van der Waals surface area (Å²) in [6, 6.07) is 8.90. The minimum absolute atomic E-state index is 0.160. The molecular formula is C19H19N9O. The molecule has 4 aromatic rings. The Morgan fingerprint density at radius 3 is 2.72 bits per heavy atom. The lowest BCUT2D eigenvalue weighted by Crippen LogP contribution is -2.22. The van der Waals surface area contributed by atoms with Crippen molar-refractivity contribution < 1.29 is 4.79 Å². The van der Waals surface area contributed by atoms with Crippen LogP contribution in [0, 0.1) is 0 Å². The second-order valence-electron chi connectivity index (χ2n) is 7.05. The molecule has 0 spiro atoms. The van der Waals surface area contributed by atoms with Crippen LogP contribution in [0.3, 0.4) is 0 Å². The number of benzene rings is 1. The molecular weight excluding hydrogens is 370 g/mol. The van der Waals surface area contributed by atoms with Crippen LogP contribution < -0.4 is 5.73 Å². The van der Waals surface area contributed by atoms with E-state index in [2.05, 4.69) is 15.2 Å². The molecule has 1 atom stereocenters. The molecule has 0 aliphatic carbocycles. The number of aryl methyl sites for hydroxylation is 2. The average Bonchev–Trinajstić information content (AvgIpc) is 3.46. The monoisotopic (exact) mass is 389 g/mol. The van der Waals surface area contributed by atoms with Crippen LogP contribution in [-0.4, -0.2) is 45.2 Å². The zero-order valence-electron chi connectivity index (χ0n) is 15.8. The number of primary amides is 1. The third-order valence-corrected chi connectivity index (χ3v) is 5.25. The van der Waals surface area contributed by atoms with Gasteiger partial charge in [-0.3, -0.25) is 14.2 Å². The van der Waals surface area contributed by atoms with Crippen molar-refractivity contribution in [3.63, 3.8) is 0 Å². The highest BCUT2D eigenvalue weighted by atomic mass is 16.1. The number of hydrogen-bond acceptors (Lipinski definition) is 6. The molecule has 146 valence electrons. The fraction of sp³-hybridized carbons (Fsp3) is 0.263. The highest BCUT2D eigenvalue weighted by Gasteiger charge is 2.28. The van der Waals surface area contributed by atoms with Crippen molar-refractivity contribution >= 4 is 5.91 Å². The van der Waals surface area contributed by atoms with Gasteiger partial charge in [0.1, 0.15) is 18.0 Å². The summed E-state index contributed by atoms with van der Waals surface area (Å²) in [4.78, 5) is 20.6. The van der Waals surface area contributed by atoms with Crippen molar-refractivity contribution in [3.8, 4) is 17.2 Å². The van der Waals surface area contributed by atoms with Crippen LogP contribution in [0.5, 0.6) is 0 Å². The predicted octanol–water partition coefficient (Wildman–Crippen LogP) is 1.09. The van der Waals surface area contributed by atoms with Crippen LogP contribution in [0.25, 0.3) is 17.2 Å². The molecule has 1 aliphatic rings. The zero-order chi connectivity index (χ0) is 20.0. The molecule has 0 fully saturated rings. The van der Waals surface area contributed by atoms with E-state index in [0.29, 0.717) is 11.4 Å². The van der Waals surface area contributed by atoms with E-state index in [0.717, 1.165) is 42.4 Å². The van der Waals surface area contributed by atoms with Crippen molar-refractivity contribution in [1.29, 1.82) is 0 Å². The molecule has 5 rings (SSSR count). The molecule has 1 amide bonds. The quantitative estimate of drug-likeness (QED) is 0.557. The Kier molecular flexibility index (Phi) is 3.97. The van der Waals surface area contributed by atoms with Crippen molar-refractivity contribution in [2.45, 2.75) is 25.3 Å². The third-order valence-electron chi connectivity index (χ3n) is 5.25. The van der Waals surface area contributed by atoms with E-state index in [1.54, 1.807) is 29.3 Å². The highest BCUT2D eigenvalue weighted by Crippen LogP contribution is 2.30. The van der Waals surface area contributed by atoms with Crippen molar-refractivity contribution in [2.75, 3.05) is 0 Å². The molecule has 10 nitrogen and oxygen atoms in total. The van der Waals surface area contributed by atoms with E-state index < -0.39 is 5.91 Å². The summed E-state index contributed by atoms with van der Waals surface area (Å²) in [5, 5.41) is 13.3. The van der Waals surface area contributed by atoms with E-state index in [9.17, 15) is 4.79 Å². The van der Waals surface area contributed by atoms with Gasteiger partial charge in [-0.1, -0.05) is 12.1 Å². The first kappa shape index (κ1) is 17.3. The summed E-state index contributed by atoms with van der Waals surface area (Å²) >= 11 is 0.